The summed E-state index contributed by atoms with van der Waals surface area (Å²) in [6, 6.07) is 14.1. The van der Waals surface area contributed by atoms with Gasteiger partial charge in [0.2, 0.25) is 11.8 Å². The van der Waals surface area contributed by atoms with Crippen LogP contribution in [0.4, 0.5) is 0 Å². The molecular weight excluding hydrogens is 387 g/mol. The summed E-state index contributed by atoms with van der Waals surface area (Å²) in [6.45, 7) is 3.59. The van der Waals surface area contributed by atoms with Crippen LogP contribution in [0.3, 0.4) is 0 Å². The van der Waals surface area contributed by atoms with E-state index in [0.717, 1.165) is 11.3 Å². The van der Waals surface area contributed by atoms with Crippen LogP contribution in [0.25, 0.3) is 0 Å². The van der Waals surface area contributed by atoms with Crippen LogP contribution in [0.5, 0.6) is 0 Å². The first-order chi connectivity index (χ1) is 12.0. The van der Waals surface area contributed by atoms with Gasteiger partial charge in [-0.2, -0.15) is 0 Å². The van der Waals surface area contributed by atoms with Crippen molar-refractivity contribution in [2.75, 3.05) is 6.54 Å². The minimum atomic E-state index is -0.631. The van der Waals surface area contributed by atoms with Gasteiger partial charge < -0.3 is 16.4 Å². The number of hydrogen-bond acceptors (Lipinski definition) is 4. The highest BCUT2D eigenvalue weighted by Gasteiger charge is 2.20. The van der Waals surface area contributed by atoms with Crippen LogP contribution in [-0.2, 0) is 9.59 Å². The van der Waals surface area contributed by atoms with Gasteiger partial charge in [-0.05, 0) is 23.6 Å². The third-order valence-electron chi connectivity index (χ3n) is 3.87. The Morgan fingerprint density at radius 1 is 1.04 bits per heavy atom. The van der Waals surface area contributed by atoms with E-state index in [1.165, 1.54) is 0 Å². The van der Waals surface area contributed by atoms with Gasteiger partial charge in [0, 0.05) is 6.20 Å². The molecule has 6 nitrogen and oxygen atoms in total. The molecule has 2 atom stereocenters. The maximum atomic E-state index is 12.3. The molecule has 27 heavy (non-hydrogen) atoms. The summed E-state index contributed by atoms with van der Waals surface area (Å²) in [5.74, 6) is -0.628. The van der Waals surface area contributed by atoms with Crippen molar-refractivity contribution in [3.8, 4) is 0 Å². The van der Waals surface area contributed by atoms with E-state index in [-0.39, 0.29) is 55.1 Å². The molecule has 1 unspecified atom stereocenters. The Kier molecular flexibility index (Phi) is 11.3. The topological polar surface area (TPSA) is 97.1 Å². The number of nitrogens with two attached hydrogens (primary N) is 1. The summed E-state index contributed by atoms with van der Waals surface area (Å²) in [6.07, 6.45) is 1.68. The minimum Gasteiger partial charge on any atom is -0.346 e. The second kappa shape index (κ2) is 12.3. The Balaban J connectivity index is 0.00000338. The van der Waals surface area contributed by atoms with E-state index in [9.17, 15) is 9.59 Å². The van der Waals surface area contributed by atoms with Crippen molar-refractivity contribution < 1.29 is 9.59 Å². The number of rotatable bonds is 7. The third-order valence-corrected chi connectivity index (χ3v) is 3.87. The fourth-order valence-electron chi connectivity index (χ4n) is 2.32. The minimum absolute atomic E-state index is 0. The van der Waals surface area contributed by atoms with Crippen molar-refractivity contribution in [3.63, 3.8) is 0 Å². The Morgan fingerprint density at radius 3 is 2.22 bits per heavy atom. The first-order valence-electron chi connectivity index (χ1n) is 8.27. The molecule has 8 heteroatoms. The Bertz CT molecular complexity index is 660. The average molecular weight is 413 g/mol. The van der Waals surface area contributed by atoms with E-state index in [1.807, 2.05) is 62.4 Å². The second-order valence-electron chi connectivity index (χ2n) is 6.15. The maximum Gasteiger partial charge on any atom is 0.240 e. The standard InChI is InChI=1S/C19H24N4O2.2ClH/c1-13(2)17(20)19(25)22-12-16(24)23-18(14-8-4-3-5-9-14)15-10-6-7-11-21-15;;/h3-11,13,17-18H,12,20H2,1-2H3,(H,22,25)(H,23,24);2*1H/t17-,18?;;/m0../s1. The molecule has 2 rings (SSSR count). The van der Waals surface area contributed by atoms with E-state index < -0.39 is 6.04 Å². The lowest BCUT2D eigenvalue weighted by atomic mass is 10.0. The molecule has 2 amide bonds. The van der Waals surface area contributed by atoms with Crippen LogP contribution in [0, 0.1) is 5.92 Å². The molecular formula is C19H26Cl2N4O2. The lowest BCUT2D eigenvalue weighted by molar-refractivity contribution is -0.127. The molecule has 1 aromatic carbocycles. The van der Waals surface area contributed by atoms with Crippen LogP contribution in [-0.4, -0.2) is 29.4 Å². The highest BCUT2D eigenvalue weighted by Crippen LogP contribution is 2.19. The van der Waals surface area contributed by atoms with Crippen molar-refractivity contribution in [2.45, 2.75) is 25.9 Å². The molecule has 0 aliphatic carbocycles. The maximum absolute atomic E-state index is 12.3. The lowest BCUT2D eigenvalue weighted by Gasteiger charge is -2.20. The second-order valence-corrected chi connectivity index (χ2v) is 6.15. The lowest BCUT2D eigenvalue weighted by Crippen LogP contribution is -2.47. The van der Waals surface area contributed by atoms with Gasteiger partial charge in [0.05, 0.1) is 24.3 Å². The number of amides is 2. The molecule has 0 spiro atoms. The summed E-state index contributed by atoms with van der Waals surface area (Å²) in [5, 5.41) is 5.49. The molecule has 0 aliphatic rings. The van der Waals surface area contributed by atoms with E-state index >= 15 is 0 Å². The van der Waals surface area contributed by atoms with Crippen LogP contribution in [0.1, 0.15) is 31.1 Å². The largest absolute Gasteiger partial charge is 0.346 e. The van der Waals surface area contributed by atoms with Gasteiger partial charge in [0.25, 0.3) is 0 Å². The van der Waals surface area contributed by atoms with E-state index in [2.05, 4.69) is 15.6 Å². The van der Waals surface area contributed by atoms with Gasteiger partial charge in [-0.15, -0.1) is 24.8 Å². The van der Waals surface area contributed by atoms with Crippen molar-refractivity contribution in [1.29, 1.82) is 0 Å². The summed E-state index contributed by atoms with van der Waals surface area (Å²) in [4.78, 5) is 28.5. The van der Waals surface area contributed by atoms with Crippen molar-refractivity contribution in [3.05, 3.63) is 66.0 Å². The third kappa shape index (κ3) is 7.54. The normalized spacial score (nSPS) is 12.1. The van der Waals surface area contributed by atoms with E-state index in [1.54, 1.807) is 6.20 Å². The first kappa shape index (κ1) is 24.8. The zero-order valence-corrected chi connectivity index (χ0v) is 16.9. The molecule has 2 aromatic rings. The molecule has 0 saturated carbocycles. The van der Waals surface area contributed by atoms with E-state index in [4.69, 9.17) is 5.73 Å². The Morgan fingerprint density at radius 2 is 1.67 bits per heavy atom. The summed E-state index contributed by atoms with van der Waals surface area (Å²) in [5.41, 5.74) is 7.42. The Hall–Kier alpha value is -2.15. The van der Waals surface area contributed by atoms with Gasteiger partial charge in [-0.25, -0.2) is 0 Å². The molecule has 0 fully saturated rings. The van der Waals surface area contributed by atoms with Crippen LogP contribution >= 0.6 is 24.8 Å². The van der Waals surface area contributed by atoms with Crippen molar-refractivity contribution in [1.82, 2.24) is 15.6 Å². The predicted octanol–water partition coefficient (Wildman–Crippen LogP) is 2.23. The summed E-state index contributed by atoms with van der Waals surface area (Å²) >= 11 is 0. The molecule has 148 valence electrons. The van der Waals surface area contributed by atoms with E-state index in [0.29, 0.717) is 0 Å². The molecule has 0 aliphatic heterocycles. The highest BCUT2D eigenvalue weighted by atomic mass is 35.5. The smallest absolute Gasteiger partial charge is 0.240 e. The van der Waals surface area contributed by atoms with Gasteiger partial charge >= 0.3 is 0 Å². The number of nitrogens with zero attached hydrogens (tertiary/aromatic N) is 1. The molecule has 0 saturated heterocycles. The molecule has 1 aromatic heterocycles. The number of benzene rings is 1. The number of aromatic nitrogens is 1. The fourth-order valence-corrected chi connectivity index (χ4v) is 2.32. The number of carbonyl (C=O) groups is 2. The number of carbonyl (C=O) groups excluding carboxylic acids is 2. The number of halogens is 2. The number of nitrogens with one attached hydrogen (secondary N) is 2. The van der Waals surface area contributed by atoms with Crippen molar-refractivity contribution >= 4 is 36.6 Å². The summed E-state index contributed by atoms with van der Waals surface area (Å²) in [7, 11) is 0. The molecule has 0 bridgehead atoms. The first-order valence-corrected chi connectivity index (χ1v) is 8.27. The highest BCUT2D eigenvalue weighted by molar-refractivity contribution is 5.87. The zero-order chi connectivity index (χ0) is 18.2. The molecule has 1 heterocycles. The summed E-state index contributed by atoms with van der Waals surface area (Å²) < 4.78 is 0. The van der Waals surface area contributed by atoms with Crippen molar-refractivity contribution in [2.24, 2.45) is 11.7 Å². The van der Waals surface area contributed by atoms with Gasteiger partial charge in [0.15, 0.2) is 0 Å². The van der Waals surface area contributed by atoms with Gasteiger partial charge in [-0.1, -0.05) is 50.2 Å². The van der Waals surface area contributed by atoms with Crippen LogP contribution < -0.4 is 16.4 Å². The fraction of sp³-hybridized carbons (Fsp3) is 0.316. The number of hydrogen-bond donors (Lipinski definition) is 3. The number of pyridine rings is 1. The molecule has 0 radical (unpaired) electrons. The SMILES string of the molecule is CC(C)[C@H](N)C(=O)NCC(=O)NC(c1ccccc1)c1ccccn1.Cl.Cl. The quantitative estimate of drug-likeness (QED) is 0.649. The van der Waals surface area contributed by atoms with Gasteiger partial charge in [0.1, 0.15) is 0 Å². The van der Waals surface area contributed by atoms with Crippen LogP contribution in [0.15, 0.2) is 54.7 Å². The zero-order valence-electron chi connectivity index (χ0n) is 15.3. The van der Waals surface area contributed by atoms with Gasteiger partial charge in [-0.3, -0.25) is 14.6 Å². The average Bonchev–Trinajstić information content (AvgIpc) is 2.64. The monoisotopic (exact) mass is 412 g/mol. The predicted molar refractivity (Wildman–Crippen MR) is 111 cm³/mol. The Labute approximate surface area is 172 Å². The van der Waals surface area contributed by atoms with Crippen LogP contribution in [0.2, 0.25) is 0 Å². The molecule has 4 N–H and O–H groups in total.